The third-order valence-electron chi connectivity index (χ3n) is 2.84. The molecule has 0 spiro atoms. The van der Waals surface area contributed by atoms with E-state index in [1.165, 1.54) is 6.07 Å². The summed E-state index contributed by atoms with van der Waals surface area (Å²) in [7, 11) is 1.85. The molecule has 0 radical (unpaired) electrons. The molecule has 1 aromatic carbocycles. The number of carbonyl (C=O) groups is 1. The van der Waals surface area contributed by atoms with Crippen molar-refractivity contribution in [3.8, 4) is 11.1 Å². The number of nitrogens with zero attached hydrogens (tertiary/aromatic N) is 2. The van der Waals surface area contributed by atoms with E-state index in [1.807, 2.05) is 13.2 Å². The van der Waals surface area contributed by atoms with Gasteiger partial charge in [-0.3, -0.25) is 9.48 Å². The highest BCUT2D eigenvalue weighted by Crippen LogP contribution is 2.28. The fourth-order valence-corrected chi connectivity index (χ4v) is 1.96. The van der Waals surface area contributed by atoms with Crippen LogP contribution in [0.25, 0.3) is 11.1 Å². The first-order valence-electron chi connectivity index (χ1n) is 5.81. The van der Waals surface area contributed by atoms with Crippen LogP contribution in [0.5, 0.6) is 0 Å². The first-order valence-corrected chi connectivity index (χ1v) is 5.81. The second-order valence-corrected chi connectivity index (χ2v) is 4.61. The van der Waals surface area contributed by atoms with E-state index in [1.54, 1.807) is 16.8 Å². The summed E-state index contributed by atoms with van der Waals surface area (Å²) < 4.78 is 15.0. The first-order chi connectivity index (χ1) is 8.52. The molecule has 0 aliphatic heterocycles. The highest BCUT2D eigenvalue weighted by molar-refractivity contribution is 5.79. The molecule has 18 heavy (non-hydrogen) atoms. The van der Waals surface area contributed by atoms with E-state index in [2.05, 4.69) is 18.9 Å². The number of aryl methyl sites for hydroxylation is 1. The Hall–Kier alpha value is -1.97. The standard InChI is InChI=1S/C14H15FN2O/c1-9(2)14-12(7-17(3)16-14)10-4-5-13(15)11(6-10)8-18/h4-9H,1-3H3. The van der Waals surface area contributed by atoms with Gasteiger partial charge in [-0.2, -0.15) is 5.10 Å². The Kier molecular flexibility index (Phi) is 3.28. The Labute approximate surface area is 105 Å². The topological polar surface area (TPSA) is 34.9 Å². The minimum Gasteiger partial charge on any atom is -0.298 e. The van der Waals surface area contributed by atoms with Crippen LogP contribution in [0.3, 0.4) is 0 Å². The summed E-state index contributed by atoms with van der Waals surface area (Å²) in [4.78, 5) is 10.8. The number of aldehydes is 1. The van der Waals surface area contributed by atoms with Gasteiger partial charge in [-0.25, -0.2) is 4.39 Å². The molecule has 0 aliphatic rings. The molecule has 0 N–H and O–H groups in total. The molecule has 0 fully saturated rings. The van der Waals surface area contributed by atoms with Crippen molar-refractivity contribution in [1.82, 2.24) is 9.78 Å². The van der Waals surface area contributed by atoms with Crippen LogP contribution < -0.4 is 0 Å². The normalized spacial score (nSPS) is 10.9. The van der Waals surface area contributed by atoms with Gasteiger partial charge < -0.3 is 0 Å². The summed E-state index contributed by atoms with van der Waals surface area (Å²) in [5, 5.41) is 4.40. The highest BCUT2D eigenvalue weighted by atomic mass is 19.1. The van der Waals surface area contributed by atoms with Gasteiger partial charge in [0.1, 0.15) is 5.82 Å². The number of hydrogen-bond donors (Lipinski definition) is 0. The Bertz CT molecular complexity index is 587. The molecule has 4 heteroatoms. The van der Waals surface area contributed by atoms with Crippen LogP contribution in [0, 0.1) is 5.82 Å². The number of carbonyl (C=O) groups excluding carboxylic acids is 1. The van der Waals surface area contributed by atoms with E-state index in [0.717, 1.165) is 16.8 Å². The number of aromatic nitrogens is 2. The van der Waals surface area contributed by atoms with E-state index >= 15 is 0 Å². The number of rotatable bonds is 3. The van der Waals surface area contributed by atoms with E-state index in [0.29, 0.717) is 6.29 Å². The number of hydrogen-bond acceptors (Lipinski definition) is 2. The SMILES string of the molecule is CC(C)c1nn(C)cc1-c1ccc(F)c(C=O)c1. The lowest BCUT2D eigenvalue weighted by Gasteiger charge is -2.06. The Morgan fingerprint density at radius 3 is 2.72 bits per heavy atom. The van der Waals surface area contributed by atoms with Crippen LogP contribution in [0.15, 0.2) is 24.4 Å². The molecular weight excluding hydrogens is 231 g/mol. The summed E-state index contributed by atoms with van der Waals surface area (Å²) in [5.74, 6) is -0.227. The van der Waals surface area contributed by atoms with Crippen LogP contribution in [-0.4, -0.2) is 16.1 Å². The van der Waals surface area contributed by atoms with Crippen LogP contribution >= 0.6 is 0 Å². The third-order valence-corrected chi connectivity index (χ3v) is 2.84. The molecule has 0 saturated heterocycles. The predicted molar refractivity (Wildman–Crippen MR) is 68.1 cm³/mol. The average Bonchev–Trinajstić information content (AvgIpc) is 2.72. The molecule has 1 heterocycles. The lowest BCUT2D eigenvalue weighted by Crippen LogP contribution is -1.94. The average molecular weight is 246 g/mol. The van der Waals surface area contributed by atoms with Gasteiger partial charge in [-0.15, -0.1) is 0 Å². The van der Waals surface area contributed by atoms with Crippen molar-refractivity contribution in [2.45, 2.75) is 19.8 Å². The summed E-state index contributed by atoms with van der Waals surface area (Å²) in [5.41, 5.74) is 2.78. The van der Waals surface area contributed by atoms with Gasteiger partial charge in [-0.05, 0) is 23.6 Å². The summed E-state index contributed by atoms with van der Waals surface area (Å²) in [6, 6.07) is 4.55. The Balaban J connectivity index is 2.58. The Morgan fingerprint density at radius 1 is 1.39 bits per heavy atom. The van der Waals surface area contributed by atoms with Crippen LogP contribution in [-0.2, 0) is 7.05 Å². The van der Waals surface area contributed by atoms with Gasteiger partial charge in [0, 0.05) is 18.8 Å². The zero-order valence-corrected chi connectivity index (χ0v) is 10.6. The van der Waals surface area contributed by atoms with E-state index in [9.17, 15) is 9.18 Å². The van der Waals surface area contributed by atoms with Gasteiger partial charge >= 0.3 is 0 Å². The first kappa shape index (κ1) is 12.5. The second kappa shape index (κ2) is 4.72. The minimum atomic E-state index is -0.497. The maximum Gasteiger partial charge on any atom is 0.153 e. The molecule has 0 atom stereocenters. The van der Waals surface area contributed by atoms with Crippen molar-refractivity contribution in [2.75, 3.05) is 0 Å². The van der Waals surface area contributed by atoms with Crippen molar-refractivity contribution < 1.29 is 9.18 Å². The van der Waals surface area contributed by atoms with Gasteiger partial charge in [0.05, 0.1) is 11.3 Å². The molecular formula is C14H15FN2O. The van der Waals surface area contributed by atoms with Crippen LogP contribution in [0.2, 0.25) is 0 Å². The number of benzene rings is 1. The number of halogens is 1. The van der Waals surface area contributed by atoms with Crippen molar-refractivity contribution in [2.24, 2.45) is 7.05 Å². The fraction of sp³-hybridized carbons (Fsp3) is 0.286. The molecule has 2 aromatic rings. The van der Waals surface area contributed by atoms with Crippen molar-refractivity contribution in [3.63, 3.8) is 0 Å². The highest BCUT2D eigenvalue weighted by Gasteiger charge is 2.14. The van der Waals surface area contributed by atoms with Gasteiger partial charge in [0.15, 0.2) is 6.29 Å². The molecule has 1 aromatic heterocycles. The monoisotopic (exact) mass is 246 g/mol. The lowest BCUT2D eigenvalue weighted by molar-refractivity contribution is 0.112. The quantitative estimate of drug-likeness (QED) is 0.780. The maximum atomic E-state index is 13.3. The van der Waals surface area contributed by atoms with Crippen LogP contribution in [0.1, 0.15) is 35.8 Å². The molecule has 3 nitrogen and oxygen atoms in total. The summed E-state index contributed by atoms with van der Waals surface area (Å²) >= 11 is 0. The third kappa shape index (κ3) is 2.18. The molecule has 0 saturated carbocycles. The van der Waals surface area contributed by atoms with Crippen molar-refractivity contribution in [1.29, 1.82) is 0 Å². The summed E-state index contributed by atoms with van der Waals surface area (Å²) in [6.07, 6.45) is 2.42. The smallest absolute Gasteiger partial charge is 0.153 e. The Morgan fingerprint density at radius 2 is 2.11 bits per heavy atom. The molecule has 0 amide bonds. The van der Waals surface area contributed by atoms with E-state index in [4.69, 9.17) is 0 Å². The molecule has 0 bridgehead atoms. The molecule has 2 rings (SSSR count). The zero-order valence-electron chi connectivity index (χ0n) is 10.6. The predicted octanol–water partition coefficient (Wildman–Crippen LogP) is 3.16. The molecule has 94 valence electrons. The van der Waals surface area contributed by atoms with E-state index < -0.39 is 5.82 Å². The fourth-order valence-electron chi connectivity index (χ4n) is 1.96. The van der Waals surface area contributed by atoms with Crippen molar-refractivity contribution in [3.05, 3.63) is 41.5 Å². The zero-order chi connectivity index (χ0) is 13.3. The van der Waals surface area contributed by atoms with Gasteiger partial charge in [-0.1, -0.05) is 19.9 Å². The largest absolute Gasteiger partial charge is 0.298 e. The minimum absolute atomic E-state index is 0.0751. The van der Waals surface area contributed by atoms with Gasteiger partial charge in [0.25, 0.3) is 0 Å². The van der Waals surface area contributed by atoms with Gasteiger partial charge in [0.2, 0.25) is 0 Å². The van der Waals surface area contributed by atoms with Crippen LogP contribution in [0.4, 0.5) is 4.39 Å². The molecule has 0 unspecified atom stereocenters. The summed E-state index contributed by atoms with van der Waals surface area (Å²) in [6.45, 7) is 4.10. The van der Waals surface area contributed by atoms with E-state index in [-0.39, 0.29) is 11.5 Å². The lowest BCUT2D eigenvalue weighted by atomic mass is 9.99. The maximum absolute atomic E-state index is 13.3. The van der Waals surface area contributed by atoms with Crippen molar-refractivity contribution >= 4 is 6.29 Å². The second-order valence-electron chi connectivity index (χ2n) is 4.61. The molecule has 0 aliphatic carbocycles.